The van der Waals surface area contributed by atoms with Crippen molar-refractivity contribution in [3.63, 3.8) is 0 Å². The first-order valence-electron chi connectivity index (χ1n) is 8.93. The molecule has 0 saturated carbocycles. The Bertz CT molecular complexity index is 714. The lowest BCUT2D eigenvalue weighted by atomic mass is 9.62. The van der Waals surface area contributed by atoms with Gasteiger partial charge in [-0.25, -0.2) is 4.79 Å². The first-order valence-corrected chi connectivity index (χ1v) is 8.93. The maximum Gasteiger partial charge on any atom is 0.365 e. The van der Waals surface area contributed by atoms with Gasteiger partial charge in [0.2, 0.25) is 5.83 Å². The van der Waals surface area contributed by atoms with Crippen LogP contribution in [0.25, 0.3) is 5.57 Å². The van der Waals surface area contributed by atoms with Gasteiger partial charge in [-0.2, -0.15) is 4.39 Å². The molecule has 1 aliphatic carbocycles. The fourth-order valence-corrected chi connectivity index (χ4v) is 3.50. The van der Waals surface area contributed by atoms with E-state index >= 15 is 0 Å². The van der Waals surface area contributed by atoms with E-state index in [4.69, 9.17) is 9.84 Å². The Hall–Kier alpha value is -1.84. The quantitative estimate of drug-likeness (QED) is 0.704. The molecule has 1 aromatic rings. The van der Waals surface area contributed by atoms with Gasteiger partial charge in [-0.3, -0.25) is 0 Å². The molecule has 0 atom stereocenters. The zero-order valence-electron chi connectivity index (χ0n) is 16.1. The predicted molar refractivity (Wildman–Crippen MR) is 98.9 cm³/mol. The molecule has 1 aromatic carbocycles. The van der Waals surface area contributed by atoms with E-state index in [9.17, 15) is 9.18 Å². The molecule has 0 unspecified atom stereocenters. The van der Waals surface area contributed by atoms with Crippen LogP contribution in [0.2, 0.25) is 0 Å². The molecule has 1 N–H and O–H groups in total. The standard InChI is InChI=1S/C21H29FO3/c1-7-10-25-17-12-16-15(20(3,4)8-9-21(16,5)6)11-14(17)13(2)18(22)19(23)24/h11-12H,7-10H2,1-6H3,(H,23,24)/b18-13+. The molecule has 138 valence electrons. The van der Waals surface area contributed by atoms with E-state index in [1.54, 1.807) is 0 Å². The van der Waals surface area contributed by atoms with Crippen molar-refractivity contribution in [1.82, 2.24) is 0 Å². The van der Waals surface area contributed by atoms with Crippen LogP contribution in [0.15, 0.2) is 18.0 Å². The molecule has 2 rings (SSSR count). The van der Waals surface area contributed by atoms with Gasteiger partial charge in [0, 0.05) is 11.1 Å². The molecule has 0 amide bonds. The van der Waals surface area contributed by atoms with Crippen molar-refractivity contribution >= 4 is 11.5 Å². The molecule has 0 saturated heterocycles. The number of benzene rings is 1. The number of hydrogen-bond acceptors (Lipinski definition) is 2. The molecular formula is C21H29FO3. The van der Waals surface area contributed by atoms with Crippen LogP contribution in [0.1, 0.15) is 77.5 Å². The van der Waals surface area contributed by atoms with Gasteiger partial charge in [-0.15, -0.1) is 0 Å². The van der Waals surface area contributed by atoms with Crippen molar-refractivity contribution in [2.24, 2.45) is 0 Å². The summed E-state index contributed by atoms with van der Waals surface area (Å²) in [7, 11) is 0. The van der Waals surface area contributed by atoms with E-state index in [0.29, 0.717) is 17.9 Å². The number of hydrogen-bond donors (Lipinski definition) is 1. The van der Waals surface area contributed by atoms with Crippen LogP contribution in [0.4, 0.5) is 4.39 Å². The van der Waals surface area contributed by atoms with E-state index in [2.05, 4.69) is 27.7 Å². The third kappa shape index (κ3) is 3.73. The van der Waals surface area contributed by atoms with Crippen molar-refractivity contribution < 1.29 is 19.0 Å². The molecule has 0 aromatic heterocycles. The maximum atomic E-state index is 14.1. The average molecular weight is 348 g/mol. The minimum absolute atomic E-state index is 0.0106. The Kier molecular flexibility index (Phi) is 5.31. The average Bonchev–Trinajstić information content (AvgIpc) is 2.55. The number of aliphatic carboxylic acids is 1. The highest BCUT2D eigenvalue weighted by atomic mass is 19.1. The normalized spacial score (nSPS) is 19.0. The molecule has 1 aliphatic rings. The Balaban J connectivity index is 2.75. The van der Waals surface area contributed by atoms with Crippen molar-refractivity contribution in [3.05, 3.63) is 34.6 Å². The van der Waals surface area contributed by atoms with Crippen LogP contribution in [0, 0.1) is 0 Å². The third-order valence-corrected chi connectivity index (χ3v) is 5.34. The summed E-state index contributed by atoms with van der Waals surface area (Å²) in [5.74, 6) is -2.11. The summed E-state index contributed by atoms with van der Waals surface area (Å²) < 4.78 is 20.0. The maximum absolute atomic E-state index is 14.1. The number of allylic oxidation sites excluding steroid dienone is 1. The number of ether oxygens (including phenoxy) is 1. The zero-order valence-corrected chi connectivity index (χ0v) is 16.1. The van der Waals surface area contributed by atoms with E-state index in [1.165, 1.54) is 12.5 Å². The summed E-state index contributed by atoms with van der Waals surface area (Å²) in [5.41, 5.74) is 2.99. The van der Waals surface area contributed by atoms with Gasteiger partial charge >= 0.3 is 5.97 Å². The van der Waals surface area contributed by atoms with Crippen LogP contribution < -0.4 is 4.74 Å². The predicted octanol–water partition coefficient (Wildman–Crippen LogP) is 5.61. The monoisotopic (exact) mass is 348 g/mol. The number of rotatable bonds is 5. The lowest BCUT2D eigenvalue weighted by Gasteiger charge is -2.42. The molecule has 0 bridgehead atoms. The van der Waals surface area contributed by atoms with Gasteiger partial charge in [0.05, 0.1) is 6.61 Å². The topological polar surface area (TPSA) is 46.5 Å². The van der Waals surface area contributed by atoms with E-state index < -0.39 is 11.8 Å². The van der Waals surface area contributed by atoms with Gasteiger partial charge in [-0.05, 0) is 60.3 Å². The lowest BCUT2D eigenvalue weighted by Crippen LogP contribution is -2.34. The summed E-state index contributed by atoms with van der Waals surface area (Å²) in [4.78, 5) is 11.1. The summed E-state index contributed by atoms with van der Waals surface area (Å²) in [6.07, 6.45) is 2.93. The van der Waals surface area contributed by atoms with Gasteiger partial charge in [0.15, 0.2) is 0 Å². The second-order valence-corrected chi connectivity index (χ2v) is 8.25. The molecule has 3 nitrogen and oxygen atoms in total. The molecule has 0 aliphatic heterocycles. The van der Waals surface area contributed by atoms with Crippen molar-refractivity contribution in [1.29, 1.82) is 0 Å². The van der Waals surface area contributed by atoms with E-state index in [-0.39, 0.29) is 16.4 Å². The highest BCUT2D eigenvalue weighted by Crippen LogP contribution is 2.48. The fraction of sp³-hybridized carbons (Fsp3) is 0.571. The fourth-order valence-electron chi connectivity index (χ4n) is 3.50. The van der Waals surface area contributed by atoms with Crippen molar-refractivity contribution in [2.45, 2.75) is 71.6 Å². The SMILES string of the molecule is CCCOc1cc2c(cc1/C(C)=C(/F)C(=O)O)C(C)(C)CCC2(C)C. The molecule has 25 heavy (non-hydrogen) atoms. The molecule has 4 heteroatoms. The summed E-state index contributed by atoms with van der Waals surface area (Å²) in [6, 6.07) is 3.94. The number of carboxylic acids is 1. The highest BCUT2D eigenvalue weighted by Gasteiger charge is 2.38. The number of halogens is 1. The minimum atomic E-state index is -1.55. The van der Waals surface area contributed by atoms with Crippen LogP contribution >= 0.6 is 0 Å². The zero-order chi connectivity index (χ0) is 19.0. The molecule has 0 heterocycles. The second-order valence-electron chi connectivity index (χ2n) is 8.25. The van der Waals surface area contributed by atoms with Crippen molar-refractivity contribution in [3.8, 4) is 5.75 Å². The van der Waals surface area contributed by atoms with Gasteiger partial charge in [0.25, 0.3) is 0 Å². The molecule has 0 radical (unpaired) electrons. The Morgan fingerprint density at radius 3 is 2.16 bits per heavy atom. The Labute approximate surface area is 149 Å². The summed E-state index contributed by atoms with van der Waals surface area (Å²) in [6.45, 7) is 12.8. The largest absolute Gasteiger partial charge is 0.493 e. The van der Waals surface area contributed by atoms with E-state index in [1.807, 2.05) is 19.1 Å². The first-order chi connectivity index (χ1) is 11.5. The number of carboxylic acid groups (broad SMARTS) is 1. The number of fused-ring (bicyclic) bond motifs is 1. The first kappa shape index (κ1) is 19.5. The summed E-state index contributed by atoms with van der Waals surface area (Å²) >= 11 is 0. The van der Waals surface area contributed by atoms with Gasteiger partial charge in [0.1, 0.15) is 5.75 Å². The number of carbonyl (C=O) groups is 1. The summed E-state index contributed by atoms with van der Waals surface area (Å²) in [5, 5.41) is 9.03. The second kappa shape index (κ2) is 6.81. The molecule has 0 spiro atoms. The molecule has 0 fully saturated rings. The van der Waals surface area contributed by atoms with Gasteiger partial charge in [-0.1, -0.05) is 34.6 Å². The highest BCUT2D eigenvalue weighted by molar-refractivity contribution is 5.94. The Morgan fingerprint density at radius 2 is 1.68 bits per heavy atom. The van der Waals surface area contributed by atoms with Crippen LogP contribution in [0.3, 0.4) is 0 Å². The van der Waals surface area contributed by atoms with Crippen LogP contribution in [-0.2, 0) is 15.6 Å². The molecular weight excluding hydrogens is 319 g/mol. The van der Waals surface area contributed by atoms with E-state index in [0.717, 1.165) is 24.8 Å². The smallest absolute Gasteiger partial charge is 0.365 e. The lowest BCUT2D eigenvalue weighted by molar-refractivity contribution is -0.134. The van der Waals surface area contributed by atoms with Crippen molar-refractivity contribution in [2.75, 3.05) is 6.61 Å². The minimum Gasteiger partial charge on any atom is -0.493 e. The van der Waals surface area contributed by atoms with Gasteiger partial charge < -0.3 is 9.84 Å². The van der Waals surface area contributed by atoms with Crippen LogP contribution in [0.5, 0.6) is 5.75 Å². The Morgan fingerprint density at radius 1 is 1.16 bits per heavy atom. The van der Waals surface area contributed by atoms with Crippen LogP contribution in [-0.4, -0.2) is 17.7 Å². The third-order valence-electron chi connectivity index (χ3n) is 5.34.